The fourth-order valence-corrected chi connectivity index (χ4v) is 2.17. The molecule has 2 rings (SSSR count). The molecule has 142 valence electrons. The van der Waals surface area contributed by atoms with Gasteiger partial charge < -0.3 is 24.8 Å². The van der Waals surface area contributed by atoms with E-state index in [1.54, 1.807) is 25.1 Å². The summed E-state index contributed by atoms with van der Waals surface area (Å²) in [5, 5.41) is 4.92. The van der Waals surface area contributed by atoms with Crippen LogP contribution >= 0.6 is 0 Å². The zero-order chi connectivity index (χ0) is 19.8. The topological polar surface area (TPSA) is 103 Å². The summed E-state index contributed by atoms with van der Waals surface area (Å²) in [5.41, 5.74) is 1.04. The molecule has 0 bridgehead atoms. The van der Waals surface area contributed by atoms with E-state index < -0.39 is 17.8 Å². The molecule has 0 fully saturated rings. The summed E-state index contributed by atoms with van der Waals surface area (Å²) in [4.78, 5) is 35.8. The minimum atomic E-state index is -0.868. The highest BCUT2D eigenvalue weighted by atomic mass is 16.5. The second-order valence-electron chi connectivity index (χ2n) is 5.27. The van der Waals surface area contributed by atoms with Crippen molar-refractivity contribution in [3.8, 4) is 11.5 Å². The fraction of sp³-hybridized carbons (Fsp3) is 0.211. The number of benzene rings is 2. The first-order valence-electron chi connectivity index (χ1n) is 8.10. The van der Waals surface area contributed by atoms with E-state index in [0.29, 0.717) is 28.4 Å². The molecule has 0 aliphatic heterocycles. The van der Waals surface area contributed by atoms with Crippen LogP contribution in [0.2, 0.25) is 0 Å². The third kappa shape index (κ3) is 5.21. The van der Waals surface area contributed by atoms with Gasteiger partial charge in [-0.15, -0.1) is 0 Å². The van der Waals surface area contributed by atoms with E-state index in [1.807, 2.05) is 0 Å². The molecule has 2 aromatic rings. The Morgan fingerprint density at radius 1 is 0.889 bits per heavy atom. The minimum absolute atomic E-state index is 0.270. The van der Waals surface area contributed by atoms with Crippen molar-refractivity contribution < 1.29 is 28.6 Å². The van der Waals surface area contributed by atoms with Gasteiger partial charge in [0.2, 0.25) is 0 Å². The number of methoxy groups -OCH3 is 2. The predicted octanol–water partition coefficient (Wildman–Crippen LogP) is 2.46. The maximum absolute atomic E-state index is 12.1. The Kier molecular flexibility index (Phi) is 6.76. The summed E-state index contributed by atoms with van der Waals surface area (Å²) in [6.07, 6.45) is 0. The van der Waals surface area contributed by atoms with Crippen LogP contribution in [0.5, 0.6) is 11.5 Å². The summed E-state index contributed by atoms with van der Waals surface area (Å²) in [6.45, 7) is 1.98. The molecular formula is C19H20N2O6. The monoisotopic (exact) mass is 372 g/mol. The van der Waals surface area contributed by atoms with Gasteiger partial charge >= 0.3 is 17.8 Å². The average molecular weight is 372 g/mol. The summed E-state index contributed by atoms with van der Waals surface area (Å²) >= 11 is 0. The highest BCUT2D eigenvalue weighted by molar-refractivity contribution is 6.43. The first-order chi connectivity index (χ1) is 13.0. The Labute approximate surface area is 156 Å². The molecule has 2 aromatic carbocycles. The summed E-state index contributed by atoms with van der Waals surface area (Å²) in [5.74, 6) is -1.28. The zero-order valence-corrected chi connectivity index (χ0v) is 15.2. The van der Waals surface area contributed by atoms with Crippen LogP contribution in [0, 0.1) is 0 Å². The van der Waals surface area contributed by atoms with E-state index in [0.717, 1.165) is 0 Å². The zero-order valence-electron chi connectivity index (χ0n) is 15.2. The number of amides is 2. The maximum Gasteiger partial charge on any atom is 0.338 e. The van der Waals surface area contributed by atoms with Crippen molar-refractivity contribution in [2.24, 2.45) is 0 Å². The second kappa shape index (κ2) is 9.23. The van der Waals surface area contributed by atoms with E-state index in [9.17, 15) is 14.4 Å². The van der Waals surface area contributed by atoms with Crippen LogP contribution < -0.4 is 20.1 Å². The fourth-order valence-electron chi connectivity index (χ4n) is 2.17. The van der Waals surface area contributed by atoms with Crippen molar-refractivity contribution in [3.63, 3.8) is 0 Å². The smallest absolute Gasteiger partial charge is 0.338 e. The molecule has 0 unspecified atom stereocenters. The number of anilines is 2. The second-order valence-corrected chi connectivity index (χ2v) is 5.27. The molecule has 27 heavy (non-hydrogen) atoms. The number of rotatable bonds is 6. The lowest BCUT2D eigenvalue weighted by Crippen LogP contribution is -2.29. The van der Waals surface area contributed by atoms with Gasteiger partial charge in [-0.3, -0.25) is 9.59 Å². The van der Waals surface area contributed by atoms with E-state index in [2.05, 4.69) is 10.6 Å². The standard InChI is InChI=1S/C19H20N2O6/c1-4-27-19(24)12-5-7-13(8-6-12)20-17(22)18(23)21-15-10-9-14(25-2)11-16(15)26-3/h5-11H,4H2,1-3H3,(H,20,22)(H,21,23). The van der Waals surface area contributed by atoms with Crippen LogP contribution in [0.1, 0.15) is 17.3 Å². The van der Waals surface area contributed by atoms with Gasteiger partial charge in [-0.2, -0.15) is 0 Å². The maximum atomic E-state index is 12.1. The van der Waals surface area contributed by atoms with Crippen LogP contribution in [-0.2, 0) is 14.3 Å². The molecule has 0 spiro atoms. The van der Waals surface area contributed by atoms with Crippen LogP contribution in [-0.4, -0.2) is 38.6 Å². The van der Waals surface area contributed by atoms with Crippen molar-refractivity contribution in [1.82, 2.24) is 0 Å². The van der Waals surface area contributed by atoms with Crippen molar-refractivity contribution in [3.05, 3.63) is 48.0 Å². The van der Waals surface area contributed by atoms with E-state index in [4.69, 9.17) is 14.2 Å². The Morgan fingerprint density at radius 2 is 1.56 bits per heavy atom. The third-order valence-electron chi connectivity index (χ3n) is 3.52. The van der Waals surface area contributed by atoms with Crippen molar-refractivity contribution in [2.45, 2.75) is 6.92 Å². The molecule has 0 aliphatic carbocycles. The first kappa shape index (κ1) is 19.8. The Hall–Kier alpha value is -3.55. The molecule has 0 aromatic heterocycles. The molecule has 0 radical (unpaired) electrons. The molecule has 0 heterocycles. The number of ether oxygens (including phenoxy) is 3. The number of nitrogens with one attached hydrogen (secondary N) is 2. The summed E-state index contributed by atoms with van der Waals surface area (Å²) in [7, 11) is 2.95. The van der Waals surface area contributed by atoms with Crippen LogP contribution in [0.15, 0.2) is 42.5 Å². The average Bonchev–Trinajstić information content (AvgIpc) is 2.68. The van der Waals surface area contributed by atoms with Gasteiger partial charge in [0.15, 0.2) is 0 Å². The lowest BCUT2D eigenvalue weighted by Gasteiger charge is -2.11. The number of hydrogen-bond donors (Lipinski definition) is 2. The van der Waals surface area contributed by atoms with Gasteiger partial charge in [-0.05, 0) is 43.3 Å². The Balaban J connectivity index is 2.02. The number of carbonyl (C=O) groups excluding carboxylic acids is 3. The van der Waals surface area contributed by atoms with Crippen LogP contribution in [0.4, 0.5) is 11.4 Å². The SMILES string of the molecule is CCOC(=O)c1ccc(NC(=O)C(=O)Nc2ccc(OC)cc2OC)cc1. The van der Waals surface area contributed by atoms with E-state index in [-0.39, 0.29) is 6.61 Å². The number of carbonyl (C=O) groups is 3. The quantitative estimate of drug-likeness (QED) is 0.596. The van der Waals surface area contributed by atoms with Crippen LogP contribution in [0.25, 0.3) is 0 Å². The Morgan fingerprint density at radius 3 is 2.15 bits per heavy atom. The van der Waals surface area contributed by atoms with Gasteiger partial charge in [0.25, 0.3) is 0 Å². The van der Waals surface area contributed by atoms with Crippen molar-refractivity contribution in [2.75, 3.05) is 31.5 Å². The van der Waals surface area contributed by atoms with Gasteiger partial charge in [0.05, 0.1) is 32.1 Å². The van der Waals surface area contributed by atoms with Crippen molar-refractivity contribution >= 4 is 29.2 Å². The molecule has 0 saturated carbocycles. The van der Waals surface area contributed by atoms with Crippen LogP contribution in [0.3, 0.4) is 0 Å². The van der Waals surface area contributed by atoms with E-state index in [1.165, 1.54) is 38.5 Å². The van der Waals surface area contributed by atoms with Gasteiger partial charge in [0, 0.05) is 11.8 Å². The minimum Gasteiger partial charge on any atom is -0.497 e. The Bertz CT molecular complexity index is 833. The summed E-state index contributed by atoms with van der Waals surface area (Å²) < 4.78 is 15.1. The lowest BCUT2D eigenvalue weighted by atomic mass is 10.2. The van der Waals surface area contributed by atoms with Gasteiger partial charge in [-0.1, -0.05) is 0 Å². The first-order valence-corrected chi connectivity index (χ1v) is 8.10. The molecular weight excluding hydrogens is 352 g/mol. The van der Waals surface area contributed by atoms with Crippen molar-refractivity contribution in [1.29, 1.82) is 0 Å². The van der Waals surface area contributed by atoms with Gasteiger partial charge in [0.1, 0.15) is 11.5 Å². The normalized spacial score (nSPS) is 9.89. The molecule has 0 atom stereocenters. The molecule has 0 saturated heterocycles. The van der Waals surface area contributed by atoms with Gasteiger partial charge in [-0.25, -0.2) is 4.79 Å². The van der Waals surface area contributed by atoms with E-state index >= 15 is 0 Å². The lowest BCUT2D eigenvalue weighted by molar-refractivity contribution is -0.133. The predicted molar refractivity (Wildman–Crippen MR) is 99.2 cm³/mol. The number of hydrogen-bond acceptors (Lipinski definition) is 6. The molecule has 8 heteroatoms. The molecule has 2 amide bonds. The molecule has 2 N–H and O–H groups in total. The largest absolute Gasteiger partial charge is 0.497 e. The summed E-state index contributed by atoms with van der Waals surface area (Å²) in [6, 6.07) is 10.8. The highest BCUT2D eigenvalue weighted by Gasteiger charge is 2.17. The molecule has 8 nitrogen and oxygen atoms in total. The number of esters is 1. The molecule has 0 aliphatic rings. The third-order valence-corrected chi connectivity index (χ3v) is 3.52. The highest BCUT2D eigenvalue weighted by Crippen LogP contribution is 2.28.